The molecule has 2 aromatic rings. The first-order valence-electron chi connectivity index (χ1n) is 5.74. The van der Waals surface area contributed by atoms with E-state index in [-0.39, 0.29) is 5.84 Å². The zero-order valence-corrected chi connectivity index (χ0v) is 10.4. The molecule has 0 amide bonds. The SMILES string of the molecule is Cc1ccc2nc(C(C)C)cc(C(=N)N)c2c1. The van der Waals surface area contributed by atoms with Gasteiger partial charge in [0.1, 0.15) is 5.84 Å². The van der Waals surface area contributed by atoms with E-state index in [1.54, 1.807) is 0 Å². The van der Waals surface area contributed by atoms with Gasteiger partial charge in [-0.05, 0) is 31.0 Å². The number of nitrogens with one attached hydrogen (secondary N) is 1. The van der Waals surface area contributed by atoms with Crippen molar-refractivity contribution in [2.45, 2.75) is 26.7 Å². The van der Waals surface area contributed by atoms with E-state index in [1.807, 2.05) is 31.2 Å². The molecule has 2 rings (SSSR count). The molecule has 1 heterocycles. The molecular weight excluding hydrogens is 210 g/mol. The molecule has 1 aromatic heterocycles. The first-order chi connectivity index (χ1) is 7.99. The van der Waals surface area contributed by atoms with Gasteiger partial charge in [-0.1, -0.05) is 25.5 Å². The second-order valence-corrected chi connectivity index (χ2v) is 4.68. The Bertz CT molecular complexity index is 585. The summed E-state index contributed by atoms with van der Waals surface area (Å²) in [5.74, 6) is 0.434. The summed E-state index contributed by atoms with van der Waals surface area (Å²) in [5, 5.41) is 8.64. The molecule has 0 aliphatic carbocycles. The second-order valence-electron chi connectivity index (χ2n) is 4.68. The minimum atomic E-state index is 0.102. The van der Waals surface area contributed by atoms with E-state index in [4.69, 9.17) is 11.1 Å². The molecule has 0 spiro atoms. The average Bonchev–Trinajstić information content (AvgIpc) is 2.27. The van der Waals surface area contributed by atoms with Gasteiger partial charge in [0.2, 0.25) is 0 Å². The zero-order chi connectivity index (χ0) is 12.6. The van der Waals surface area contributed by atoms with Gasteiger partial charge in [-0.15, -0.1) is 0 Å². The summed E-state index contributed by atoms with van der Waals surface area (Å²) in [5.41, 5.74) is 9.47. The van der Waals surface area contributed by atoms with Crippen LogP contribution in [0.2, 0.25) is 0 Å². The van der Waals surface area contributed by atoms with E-state index in [1.165, 1.54) is 0 Å². The molecule has 0 saturated carbocycles. The van der Waals surface area contributed by atoms with Crippen molar-refractivity contribution in [3.05, 3.63) is 41.1 Å². The monoisotopic (exact) mass is 227 g/mol. The maximum absolute atomic E-state index is 7.68. The summed E-state index contributed by atoms with van der Waals surface area (Å²) in [6, 6.07) is 7.98. The number of hydrogen-bond acceptors (Lipinski definition) is 2. The van der Waals surface area contributed by atoms with Crippen molar-refractivity contribution in [1.82, 2.24) is 4.98 Å². The molecule has 3 N–H and O–H groups in total. The quantitative estimate of drug-likeness (QED) is 0.612. The highest BCUT2D eigenvalue weighted by molar-refractivity contribution is 6.06. The summed E-state index contributed by atoms with van der Waals surface area (Å²) in [6.45, 7) is 6.21. The molecule has 0 fully saturated rings. The first-order valence-corrected chi connectivity index (χ1v) is 5.74. The molecular formula is C14H17N3. The summed E-state index contributed by atoms with van der Waals surface area (Å²) >= 11 is 0. The summed E-state index contributed by atoms with van der Waals surface area (Å²) < 4.78 is 0. The number of amidine groups is 1. The van der Waals surface area contributed by atoms with E-state index in [0.29, 0.717) is 5.92 Å². The van der Waals surface area contributed by atoms with Crippen LogP contribution in [0.15, 0.2) is 24.3 Å². The molecule has 0 bridgehead atoms. The van der Waals surface area contributed by atoms with Crippen molar-refractivity contribution in [1.29, 1.82) is 5.41 Å². The number of nitrogens with zero attached hydrogens (tertiary/aromatic N) is 1. The van der Waals surface area contributed by atoms with E-state index < -0.39 is 0 Å². The summed E-state index contributed by atoms with van der Waals surface area (Å²) in [7, 11) is 0. The Labute approximate surface area is 101 Å². The van der Waals surface area contributed by atoms with Gasteiger partial charge in [0, 0.05) is 16.6 Å². The molecule has 0 atom stereocenters. The Kier molecular flexibility index (Phi) is 2.84. The van der Waals surface area contributed by atoms with E-state index >= 15 is 0 Å². The number of rotatable bonds is 2. The molecule has 0 unspecified atom stereocenters. The molecule has 3 nitrogen and oxygen atoms in total. The van der Waals surface area contributed by atoms with Crippen molar-refractivity contribution in [2.75, 3.05) is 0 Å². The molecule has 88 valence electrons. The molecule has 0 saturated heterocycles. The molecule has 0 radical (unpaired) electrons. The largest absolute Gasteiger partial charge is 0.384 e. The third kappa shape index (κ3) is 2.13. The van der Waals surface area contributed by atoms with E-state index in [0.717, 1.165) is 27.7 Å². The van der Waals surface area contributed by atoms with Gasteiger partial charge in [0.05, 0.1) is 5.52 Å². The fourth-order valence-electron chi connectivity index (χ4n) is 1.88. The topological polar surface area (TPSA) is 62.8 Å². The number of aromatic nitrogens is 1. The lowest BCUT2D eigenvalue weighted by Gasteiger charge is -2.11. The molecule has 0 aliphatic heterocycles. The van der Waals surface area contributed by atoms with Crippen LogP contribution in [-0.4, -0.2) is 10.8 Å². The van der Waals surface area contributed by atoms with Crippen LogP contribution in [0.4, 0.5) is 0 Å². The number of benzene rings is 1. The lowest BCUT2D eigenvalue weighted by Crippen LogP contribution is -2.13. The van der Waals surface area contributed by atoms with Crippen molar-refractivity contribution >= 4 is 16.7 Å². The van der Waals surface area contributed by atoms with Crippen LogP contribution in [0.1, 0.15) is 36.6 Å². The summed E-state index contributed by atoms with van der Waals surface area (Å²) in [4.78, 5) is 4.61. The Morgan fingerprint density at radius 1 is 1.29 bits per heavy atom. The highest BCUT2D eigenvalue weighted by Gasteiger charge is 2.10. The number of nitrogen functional groups attached to an aromatic ring is 1. The van der Waals surface area contributed by atoms with Gasteiger partial charge in [-0.2, -0.15) is 0 Å². The van der Waals surface area contributed by atoms with Gasteiger partial charge >= 0.3 is 0 Å². The lowest BCUT2D eigenvalue weighted by atomic mass is 10.0. The first kappa shape index (κ1) is 11.6. The summed E-state index contributed by atoms with van der Waals surface area (Å²) in [6.07, 6.45) is 0. The number of pyridine rings is 1. The third-order valence-electron chi connectivity index (χ3n) is 2.87. The van der Waals surface area contributed by atoms with Crippen molar-refractivity contribution in [3.63, 3.8) is 0 Å². The highest BCUT2D eigenvalue weighted by Crippen LogP contribution is 2.23. The Hall–Kier alpha value is -1.90. The molecule has 17 heavy (non-hydrogen) atoms. The lowest BCUT2D eigenvalue weighted by molar-refractivity contribution is 0.829. The third-order valence-corrected chi connectivity index (χ3v) is 2.87. The van der Waals surface area contributed by atoms with Crippen molar-refractivity contribution in [2.24, 2.45) is 5.73 Å². The van der Waals surface area contributed by atoms with Crippen LogP contribution >= 0.6 is 0 Å². The minimum Gasteiger partial charge on any atom is -0.384 e. The fraction of sp³-hybridized carbons (Fsp3) is 0.286. The maximum Gasteiger partial charge on any atom is 0.123 e. The average molecular weight is 227 g/mol. The van der Waals surface area contributed by atoms with Crippen LogP contribution in [-0.2, 0) is 0 Å². The van der Waals surface area contributed by atoms with Gasteiger partial charge < -0.3 is 5.73 Å². The Morgan fingerprint density at radius 2 is 2.00 bits per heavy atom. The number of hydrogen-bond donors (Lipinski definition) is 2. The molecule has 3 heteroatoms. The van der Waals surface area contributed by atoms with Gasteiger partial charge in [-0.3, -0.25) is 10.4 Å². The normalized spacial score (nSPS) is 11.1. The predicted octanol–water partition coefficient (Wildman–Crippen LogP) is 2.95. The number of fused-ring (bicyclic) bond motifs is 1. The Morgan fingerprint density at radius 3 is 2.59 bits per heavy atom. The van der Waals surface area contributed by atoms with Crippen LogP contribution < -0.4 is 5.73 Å². The highest BCUT2D eigenvalue weighted by atomic mass is 14.7. The van der Waals surface area contributed by atoms with Gasteiger partial charge in [0.15, 0.2) is 0 Å². The molecule has 1 aromatic carbocycles. The van der Waals surface area contributed by atoms with Gasteiger partial charge in [0.25, 0.3) is 0 Å². The van der Waals surface area contributed by atoms with Crippen molar-refractivity contribution in [3.8, 4) is 0 Å². The van der Waals surface area contributed by atoms with Crippen molar-refractivity contribution < 1.29 is 0 Å². The van der Waals surface area contributed by atoms with Crippen LogP contribution in [0.5, 0.6) is 0 Å². The van der Waals surface area contributed by atoms with E-state index in [9.17, 15) is 0 Å². The standard InChI is InChI=1S/C14H17N3/c1-8(2)13-7-11(14(15)16)10-6-9(3)4-5-12(10)17-13/h4-8H,1-3H3,(H3,15,16). The predicted molar refractivity (Wildman–Crippen MR) is 71.6 cm³/mol. The maximum atomic E-state index is 7.68. The zero-order valence-electron chi connectivity index (χ0n) is 10.4. The smallest absolute Gasteiger partial charge is 0.123 e. The van der Waals surface area contributed by atoms with Crippen LogP contribution in [0.25, 0.3) is 10.9 Å². The fourth-order valence-corrected chi connectivity index (χ4v) is 1.88. The second kappa shape index (κ2) is 4.17. The number of aryl methyl sites for hydroxylation is 1. The van der Waals surface area contributed by atoms with Crippen LogP contribution in [0.3, 0.4) is 0 Å². The van der Waals surface area contributed by atoms with Gasteiger partial charge in [-0.25, -0.2) is 0 Å². The van der Waals surface area contributed by atoms with E-state index in [2.05, 4.69) is 18.8 Å². The minimum absolute atomic E-state index is 0.102. The number of nitrogens with two attached hydrogens (primary N) is 1. The molecule has 0 aliphatic rings. The Balaban J connectivity index is 2.81. The van der Waals surface area contributed by atoms with Crippen LogP contribution in [0, 0.1) is 12.3 Å².